The monoisotopic (exact) mass is 645 g/mol. The molecular weight excluding hydrogens is 615 g/mol. The van der Waals surface area contributed by atoms with Gasteiger partial charge in [-0.25, -0.2) is 8.42 Å². The molecule has 3 aromatic carbocycles. The summed E-state index contributed by atoms with van der Waals surface area (Å²) >= 11 is 5.15. The molecule has 232 valence electrons. The average Bonchev–Trinajstić information content (AvgIpc) is 2.97. The summed E-state index contributed by atoms with van der Waals surface area (Å²) in [4.78, 5) is 13.0. The molecule has 0 saturated heterocycles. The van der Waals surface area contributed by atoms with Gasteiger partial charge in [-0.3, -0.25) is 4.79 Å². The van der Waals surface area contributed by atoms with Crippen molar-refractivity contribution in [1.82, 2.24) is 0 Å². The van der Waals surface area contributed by atoms with Gasteiger partial charge in [-0.15, -0.1) is 0 Å². The lowest BCUT2D eigenvalue weighted by Crippen LogP contribution is -2.42. The molecule has 4 aromatic rings. The van der Waals surface area contributed by atoms with Gasteiger partial charge in [0.25, 0.3) is 11.1 Å². The maximum Gasteiger partial charge on any atom is 0.485 e. The molecule has 1 amide bonds. The van der Waals surface area contributed by atoms with Gasteiger partial charge in [0.15, 0.2) is 22.4 Å². The SMILES string of the molecule is CCOC(=S)Nc1cccc(C(=O)Nc2ccc3c(c2)cc2c([n+]3Cc3ccccc3)CCCC2)c1.O=S(=O)([O-])C(F)(F)F. The molecule has 0 bridgehead atoms. The van der Waals surface area contributed by atoms with Crippen LogP contribution in [-0.4, -0.2) is 36.2 Å². The number of anilines is 2. The highest BCUT2D eigenvalue weighted by atomic mass is 32.2. The van der Waals surface area contributed by atoms with Gasteiger partial charge in [-0.1, -0.05) is 36.4 Å². The molecule has 0 aliphatic heterocycles. The first-order chi connectivity index (χ1) is 20.9. The Labute approximate surface area is 258 Å². The lowest BCUT2D eigenvalue weighted by molar-refractivity contribution is -0.670. The van der Waals surface area contributed by atoms with Crippen LogP contribution in [0.25, 0.3) is 10.9 Å². The predicted octanol–water partition coefficient (Wildman–Crippen LogP) is 6.09. The highest BCUT2D eigenvalue weighted by Crippen LogP contribution is 2.26. The van der Waals surface area contributed by atoms with Crippen molar-refractivity contribution in [1.29, 1.82) is 0 Å². The Kier molecular flexibility index (Phi) is 10.6. The summed E-state index contributed by atoms with van der Waals surface area (Å²) in [5.74, 6) is -0.171. The Morgan fingerprint density at radius 1 is 0.955 bits per heavy atom. The zero-order valence-electron chi connectivity index (χ0n) is 23.7. The van der Waals surface area contributed by atoms with Crippen LogP contribution >= 0.6 is 12.2 Å². The number of aryl methyl sites for hydroxylation is 1. The number of amides is 1. The summed E-state index contributed by atoms with van der Waals surface area (Å²) in [7, 11) is -6.09. The van der Waals surface area contributed by atoms with E-state index in [0.717, 1.165) is 30.5 Å². The number of carbonyl (C=O) groups excluding carboxylic acids is 1. The minimum Gasteiger partial charge on any atom is -0.741 e. The standard InChI is InChI=1S/C30H29N3O2S.CHF3O3S/c1-2-35-30(36)32-25-13-8-12-23(18-25)29(34)31-26-15-16-28-24(19-26)17-22-11-6-7-14-27(22)33(28)20-21-9-4-3-5-10-21;2-1(3,4)8(5,6)7/h3-5,8-10,12-13,15-19H,2,6-7,11,14,20H2,1H3,(H-,31,32,34,36);(H,5,6,7). The van der Waals surface area contributed by atoms with Crippen LogP contribution in [0.3, 0.4) is 0 Å². The molecule has 1 aliphatic carbocycles. The molecule has 0 unspecified atom stereocenters. The molecule has 0 fully saturated rings. The molecule has 5 rings (SSSR count). The number of pyridine rings is 1. The number of rotatable bonds is 6. The zero-order valence-corrected chi connectivity index (χ0v) is 25.3. The van der Waals surface area contributed by atoms with E-state index in [1.54, 1.807) is 12.1 Å². The van der Waals surface area contributed by atoms with Gasteiger partial charge in [0, 0.05) is 45.9 Å². The number of ether oxygens (including phenoxy) is 1. The number of benzene rings is 3. The van der Waals surface area contributed by atoms with Crippen LogP contribution in [0.5, 0.6) is 0 Å². The predicted molar refractivity (Wildman–Crippen MR) is 164 cm³/mol. The van der Waals surface area contributed by atoms with Crippen LogP contribution < -0.4 is 15.2 Å². The van der Waals surface area contributed by atoms with E-state index in [-0.39, 0.29) is 11.1 Å². The van der Waals surface area contributed by atoms with E-state index in [1.165, 1.54) is 35.2 Å². The molecule has 8 nitrogen and oxygen atoms in total. The van der Waals surface area contributed by atoms with Crippen molar-refractivity contribution in [3.05, 3.63) is 101 Å². The van der Waals surface area contributed by atoms with Gasteiger partial charge >= 0.3 is 5.51 Å². The number of nitrogens with one attached hydrogen (secondary N) is 2. The number of fused-ring (bicyclic) bond motifs is 2. The first kappa shape index (κ1) is 32.8. The Hall–Kier alpha value is -4.07. The van der Waals surface area contributed by atoms with E-state index in [2.05, 4.69) is 63.7 Å². The molecular formula is C31H30F3N3O5S2. The molecule has 44 heavy (non-hydrogen) atoms. The zero-order chi connectivity index (χ0) is 31.9. The number of nitrogens with zero attached hydrogens (tertiary/aromatic N) is 1. The number of hydrogen-bond donors (Lipinski definition) is 2. The number of carbonyl (C=O) groups is 1. The second-order valence-electron chi connectivity index (χ2n) is 9.95. The third-order valence-corrected chi connectivity index (χ3v) is 7.61. The smallest absolute Gasteiger partial charge is 0.485 e. The van der Waals surface area contributed by atoms with Crippen LogP contribution in [0.1, 0.15) is 46.9 Å². The van der Waals surface area contributed by atoms with Crippen LogP contribution in [0.4, 0.5) is 24.5 Å². The van der Waals surface area contributed by atoms with Crippen molar-refractivity contribution in [2.24, 2.45) is 0 Å². The van der Waals surface area contributed by atoms with E-state index >= 15 is 0 Å². The lowest BCUT2D eigenvalue weighted by Gasteiger charge is -2.17. The third kappa shape index (κ3) is 8.52. The van der Waals surface area contributed by atoms with Crippen molar-refractivity contribution in [2.45, 2.75) is 44.7 Å². The van der Waals surface area contributed by atoms with Crippen molar-refractivity contribution < 1.29 is 40.2 Å². The summed E-state index contributed by atoms with van der Waals surface area (Å²) in [6.45, 7) is 3.21. The normalized spacial score (nSPS) is 12.8. The lowest BCUT2D eigenvalue weighted by atomic mass is 9.93. The topological polar surface area (TPSA) is 111 Å². The Morgan fingerprint density at radius 3 is 2.32 bits per heavy atom. The van der Waals surface area contributed by atoms with Gasteiger partial charge in [0.05, 0.1) is 6.61 Å². The second kappa shape index (κ2) is 14.1. The largest absolute Gasteiger partial charge is 0.741 e. The number of halogens is 3. The Morgan fingerprint density at radius 2 is 1.64 bits per heavy atom. The first-order valence-corrected chi connectivity index (χ1v) is 15.6. The van der Waals surface area contributed by atoms with Crippen LogP contribution in [0, 0.1) is 0 Å². The molecule has 0 radical (unpaired) electrons. The first-order valence-electron chi connectivity index (χ1n) is 13.8. The molecule has 1 heterocycles. The summed E-state index contributed by atoms with van der Waals surface area (Å²) in [6, 6.07) is 26.3. The quantitative estimate of drug-likeness (QED) is 0.113. The second-order valence-corrected chi connectivity index (χ2v) is 11.7. The van der Waals surface area contributed by atoms with Gasteiger partial charge in [-0.2, -0.15) is 17.7 Å². The molecule has 0 atom stereocenters. The van der Waals surface area contributed by atoms with Gasteiger partial charge in [0.1, 0.15) is 0 Å². The van der Waals surface area contributed by atoms with E-state index < -0.39 is 15.6 Å². The van der Waals surface area contributed by atoms with Gasteiger partial charge in [-0.05, 0) is 74.8 Å². The molecule has 0 spiro atoms. The van der Waals surface area contributed by atoms with Crippen LogP contribution in [-0.2, 0) is 34.2 Å². The van der Waals surface area contributed by atoms with Gasteiger partial charge < -0.3 is 19.9 Å². The van der Waals surface area contributed by atoms with Crippen molar-refractivity contribution in [3.8, 4) is 0 Å². The molecule has 1 aliphatic rings. The fourth-order valence-corrected chi connectivity index (χ4v) is 5.11. The summed E-state index contributed by atoms with van der Waals surface area (Å²) < 4.78 is 66.6. The van der Waals surface area contributed by atoms with E-state index in [1.807, 2.05) is 25.1 Å². The minimum atomic E-state index is -6.09. The molecule has 1 aromatic heterocycles. The summed E-state index contributed by atoms with van der Waals surface area (Å²) in [6.07, 6.45) is 4.65. The maximum absolute atomic E-state index is 13.0. The minimum absolute atomic E-state index is 0.171. The summed E-state index contributed by atoms with van der Waals surface area (Å²) in [5, 5.41) is 7.50. The Bertz CT molecular complexity index is 1770. The summed E-state index contributed by atoms with van der Waals surface area (Å²) in [5.41, 5.74) is 1.72. The van der Waals surface area contributed by atoms with Gasteiger partial charge in [0.2, 0.25) is 5.52 Å². The van der Waals surface area contributed by atoms with Crippen LogP contribution in [0.2, 0.25) is 0 Å². The van der Waals surface area contributed by atoms with Crippen molar-refractivity contribution in [3.63, 3.8) is 0 Å². The molecule has 0 saturated carbocycles. The average molecular weight is 646 g/mol. The Balaban J connectivity index is 0.000000488. The van der Waals surface area contributed by atoms with Crippen LogP contribution in [0.15, 0.2) is 78.9 Å². The highest BCUT2D eigenvalue weighted by Gasteiger charge is 2.37. The number of hydrogen-bond acceptors (Lipinski definition) is 6. The third-order valence-electron chi connectivity index (χ3n) is 6.83. The van der Waals surface area contributed by atoms with Crippen molar-refractivity contribution >= 4 is 55.7 Å². The van der Waals surface area contributed by atoms with Crippen molar-refractivity contribution in [2.75, 3.05) is 17.2 Å². The highest BCUT2D eigenvalue weighted by molar-refractivity contribution is 7.86. The fraction of sp³-hybridized carbons (Fsp3) is 0.258. The maximum atomic E-state index is 13.0. The van der Waals surface area contributed by atoms with E-state index in [0.29, 0.717) is 17.9 Å². The van der Waals surface area contributed by atoms with E-state index in [4.69, 9.17) is 29.9 Å². The number of aromatic nitrogens is 1. The molecule has 13 heteroatoms. The fourth-order valence-electron chi connectivity index (χ4n) is 4.88. The van der Waals surface area contributed by atoms with E-state index in [9.17, 15) is 18.0 Å². The number of thiocarbonyl (C=S) groups is 1. The number of alkyl halides is 3. The molecule has 2 N–H and O–H groups in total.